The number of carboxylic acids is 1. The Morgan fingerprint density at radius 3 is 2.65 bits per heavy atom. The summed E-state index contributed by atoms with van der Waals surface area (Å²) in [5.74, 6) is -0.990. The number of hydrogen-bond acceptors (Lipinski definition) is 2. The van der Waals surface area contributed by atoms with E-state index in [0.717, 1.165) is 43.1 Å². The van der Waals surface area contributed by atoms with Gasteiger partial charge < -0.3 is 15.3 Å². The van der Waals surface area contributed by atoms with Crippen LogP contribution >= 0.6 is 0 Å². The van der Waals surface area contributed by atoms with Crippen molar-refractivity contribution in [2.45, 2.75) is 19.8 Å². The third kappa shape index (κ3) is 3.60. The van der Waals surface area contributed by atoms with Crippen molar-refractivity contribution < 1.29 is 14.7 Å². The van der Waals surface area contributed by atoms with Crippen molar-refractivity contribution in [2.24, 2.45) is 0 Å². The van der Waals surface area contributed by atoms with Crippen molar-refractivity contribution >= 4 is 23.8 Å². The highest BCUT2D eigenvalue weighted by Crippen LogP contribution is 2.18. The molecule has 0 aliphatic carbocycles. The molecule has 5 heteroatoms. The van der Waals surface area contributed by atoms with Crippen LogP contribution in [0.2, 0.25) is 0 Å². The van der Waals surface area contributed by atoms with Crippen LogP contribution in [0.15, 0.2) is 24.3 Å². The van der Waals surface area contributed by atoms with Gasteiger partial charge in [-0.1, -0.05) is 6.07 Å². The number of urea groups is 1. The predicted molar refractivity (Wildman–Crippen MR) is 77.7 cm³/mol. The molecule has 1 heterocycles. The quantitative estimate of drug-likeness (QED) is 0.833. The maximum Gasteiger partial charge on any atom is 0.328 e. The second-order valence-corrected chi connectivity index (χ2v) is 4.87. The standard InChI is InChI=1S/C15H18N2O3/c1-11-4-6-13(10-12(11)5-7-14(18)19)16-15(20)17-8-2-3-9-17/h4-7,10H,2-3,8-9H2,1H3,(H,16,20)(H,18,19). The van der Waals surface area contributed by atoms with E-state index in [9.17, 15) is 9.59 Å². The Morgan fingerprint density at radius 1 is 1.30 bits per heavy atom. The Bertz CT molecular complexity index is 546. The van der Waals surface area contributed by atoms with Crippen molar-refractivity contribution in [3.63, 3.8) is 0 Å². The molecule has 20 heavy (non-hydrogen) atoms. The third-order valence-corrected chi connectivity index (χ3v) is 3.33. The molecule has 0 atom stereocenters. The van der Waals surface area contributed by atoms with Crippen molar-refractivity contribution in [3.05, 3.63) is 35.4 Å². The van der Waals surface area contributed by atoms with E-state index in [-0.39, 0.29) is 6.03 Å². The summed E-state index contributed by atoms with van der Waals surface area (Å²) in [6.45, 7) is 3.49. The second kappa shape index (κ2) is 6.23. The van der Waals surface area contributed by atoms with E-state index in [0.29, 0.717) is 5.69 Å². The number of aryl methyl sites for hydroxylation is 1. The van der Waals surface area contributed by atoms with E-state index < -0.39 is 5.97 Å². The first kappa shape index (κ1) is 14.1. The summed E-state index contributed by atoms with van der Waals surface area (Å²) in [4.78, 5) is 24.3. The SMILES string of the molecule is Cc1ccc(NC(=O)N2CCCC2)cc1C=CC(=O)O. The summed E-state index contributed by atoms with van der Waals surface area (Å²) in [5.41, 5.74) is 2.42. The van der Waals surface area contributed by atoms with Gasteiger partial charge in [0.25, 0.3) is 0 Å². The van der Waals surface area contributed by atoms with Gasteiger partial charge >= 0.3 is 12.0 Å². The molecule has 0 bridgehead atoms. The Hall–Kier alpha value is -2.30. The van der Waals surface area contributed by atoms with Gasteiger partial charge in [-0.15, -0.1) is 0 Å². The highest BCUT2D eigenvalue weighted by molar-refractivity contribution is 5.90. The van der Waals surface area contributed by atoms with Crippen molar-refractivity contribution in [1.29, 1.82) is 0 Å². The molecule has 0 saturated carbocycles. The average molecular weight is 274 g/mol. The number of rotatable bonds is 3. The van der Waals surface area contributed by atoms with Crippen LogP contribution in [-0.2, 0) is 4.79 Å². The number of aliphatic carboxylic acids is 1. The molecule has 1 aromatic carbocycles. The van der Waals surface area contributed by atoms with Crippen LogP contribution in [0, 0.1) is 6.92 Å². The number of hydrogen-bond donors (Lipinski definition) is 2. The van der Waals surface area contributed by atoms with Crippen LogP contribution in [0.4, 0.5) is 10.5 Å². The highest BCUT2D eigenvalue weighted by Gasteiger charge is 2.17. The van der Waals surface area contributed by atoms with Gasteiger partial charge in [-0.3, -0.25) is 0 Å². The average Bonchev–Trinajstić information content (AvgIpc) is 2.93. The number of likely N-dealkylation sites (tertiary alicyclic amines) is 1. The van der Waals surface area contributed by atoms with E-state index in [2.05, 4.69) is 5.32 Å². The number of amides is 2. The molecule has 2 amide bonds. The number of carbonyl (C=O) groups excluding carboxylic acids is 1. The molecule has 106 valence electrons. The molecule has 1 aliphatic heterocycles. The van der Waals surface area contributed by atoms with Crippen LogP contribution in [0.3, 0.4) is 0 Å². The molecule has 1 saturated heterocycles. The fourth-order valence-corrected chi connectivity index (χ4v) is 2.18. The Kier molecular flexibility index (Phi) is 4.40. The lowest BCUT2D eigenvalue weighted by molar-refractivity contribution is -0.131. The smallest absolute Gasteiger partial charge is 0.328 e. The summed E-state index contributed by atoms with van der Waals surface area (Å²) in [5, 5.41) is 11.5. The fourth-order valence-electron chi connectivity index (χ4n) is 2.18. The first-order valence-corrected chi connectivity index (χ1v) is 6.64. The Morgan fingerprint density at radius 2 is 2.00 bits per heavy atom. The topological polar surface area (TPSA) is 69.6 Å². The minimum Gasteiger partial charge on any atom is -0.478 e. The Balaban J connectivity index is 2.10. The molecule has 0 spiro atoms. The van der Waals surface area contributed by atoms with Crippen molar-refractivity contribution in [2.75, 3.05) is 18.4 Å². The van der Waals surface area contributed by atoms with Crippen molar-refractivity contribution in [3.8, 4) is 0 Å². The lowest BCUT2D eigenvalue weighted by Gasteiger charge is -2.16. The second-order valence-electron chi connectivity index (χ2n) is 4.87. The van der Waals surface area contributed by atoms with Gasteiger partial charge in [-0.2, -0.15) is 0 Å². The summed E-state index contributed by atoms with van der Waals surface area (Å²) in [6.07, 6.45) is 4.72. The van der Waals surface area contributed by atoms with Crippen LogP contribution in [0.1, 0.15) is 24.0 Å². The molecule has 2 N–H and O–H groups in total. The van der Waals surface area contributed by atoms with Crippen LogP contribution in [0.5, 0.6) is 0 Å². The molecule has 2 rings (SSSR count). The molecule has 5 nitrogen and oxygen atoms in total. The summed E-state index contributed by atoms with van der Waals surface area (Å²) in [6, 6.07) is 5.37. The van der Waals surface area contributed by atoms with Gasteiger partial charge in [0.05, 0.1) is 0 Å². The minimum absolute atomic E-state index is 0.0977. The zero-order valence-electron chi connectivity index (χ0n) is 11.4. The molecule has 0 radical (unpaired) electrons. The number of anilines is 1. The number of carboxylic acid groups (broad SMARTS) is 1. The highest BCUT2D eigenvalue weighted by atomic mass is 16.4. The van der Waals surface area contributed by atoms with Crippen LogP contribution in [-0.4, -0.2) is 35.1 Å². The van der Waals surface area contributed by atoms with Gasteiger partial charge in [-0.05, 0) is 49.1 Å². The minimum atomic E-state index is -0.990. The summed E-state index contributed by atoms with van der Waals surface area (Å²) < 4.78 is 0. The van der Waals surface area contributed by atoms with E-state index in [4.69, 9.17) is 5.11 Å². The van der Waals surface area contributed by atoms with Crippen molar-refractivity contribution in [1.82, 2.24) is 4.90 Å². The summed E-state index contributed by atoms with van der Waals surface area (Å²) >= 11 is 0. The summed E-state index contributed by atoms with van der Waals surface area (Å²) in [7, 11) is 0. The third-order valence-electron chi connectivity index (χ3n) is 3.33. The van der Waals surface area contributed by atoms with Crippen LogP contribution in [0.25, 0.3) is 6.08 Å². The predicted octanol–water partition coefficient (Wildman–Crippen LogP) is 2.72. The van der Waals surface area contributed by atoms with E-state index >= 15 is 0 Å². The van der Waals surface area contributed by atoms with Gasteiger partial charge in [0.1, 0.15) is 0 Å². The zero-order chi connectivity index (χ0) is 14.5. The molecule has 1 fully saturated rings. The lowest BCUT2D eigenvalue weighted by atomic mass is 10.1. The van der Waals surface area contributed by atoms with Crippen LogP contribution < -0.4 is 5.32 Å². The lowest BCUT2D eigenvalue weighted by Crippen LogP contribution is -2.32. The number of carbonyl (C=O) groups is 2. The molecule has 0 aromatic heterocycles. The molecule has 0 unspecified atom stereocenters. The first-order chi connectivity index (χ1) is 9.56. The van der Waals surface area contributed by atoms with Gasteiger partial charge in [0.15, 0.2) is 0 Å². The number of nitrogens with zero attached hydrogens (tertiary/aromatic N) is 1. The number of benzene rings is 1. The van der Waals surface area contributed by atoms with Gasteiger partial charge in [-0.25, -0.2) is 9.59 Å². The Labute approximate surface area is 117 Å². The molecule has 1 aromatic rings. The number of nitrogens with one attached hydrogen (secondary N) is 1. The zero-order valence-corrected chi connectivity index (χ0v) is 11.4. The van der Waals surface area contributed by atoms with Gasteiger partial charge in [0, 0.05) is 24.9 Å². The monoisotopic (exact) mass is 274 g/mol. The van der Waals surface area contributed by atoms with E-state index in [1.165, 1.54) is 6.08 Å². The van der Waals surface area contributed by atoms with E-state index in [1.807, 2.05) is 19.1 Å². The molecule has 1 aliphatic rings. The van der Waals surface area contributed by atoms with Gasteiger partial charge in [0.2, 0.25) is 0 Å². The molecular weight excluding hydrogens is 256 g/mol. The maximum absolute atomic E-state index is 12.0. The first-order valence-electron chi connectivity index (χ1n) is 6.64. The van der Waals surface area contributed by atoms with E-state index in [1.54, 1.807) is 11.0 Å². The fraction of sp³-hybridized carbons (Fsp3) is 0.333. The largest absolute Gasteiger partial charge is 0.478 e. The normalized spacial score (nSPS) is 14.8. The molecular formula is C15H18N2O3. The maximum atomic E-state index is 12.0.